The van der Waals surface area contributed by atoms with Crippen molar-refractivity contribution in [2.24, 2.45) is 5.92 Å². The van der Waals surface area contributed by atoms with Gasteiger partial charge in [0.25, 0.3) is 0 Å². The average molecular weight is 145 g/mol. The minimum absolute atomic E-state index is 0.587. The van der Waals surface area contributed by atoms with Crippen molar-refractivity contribution in [2.45, 2.75) is 20.3 Å². The number of hydrogen-bond donors (Lipinski definition) is 0. The molecule has 0 atom stereocenters. The van der Waals surface area contributed by atoms with Crippen LogP contribution in [0, 0.1) is 5.92 Å². The largest absolute Gasteiger partial charge is 0.0944 e. The lowest BCUT2D eigenvalue weighted by Crippen LogP contribution is -1.89. The lowest BCUT2D eigenvalue weighted by Gasteiger charge is -2.04. The third-order valence-electron chi connectivity index (χ3n) is 1.04. The molecule has 0 spiro atoms. The van der Waals surface area contributed by atoms with Gasteiger partial charge in [0.05, 0.1) is 0 Å². The van der Waals surface area contributed by atoms with Gasteiger partial charge in [-0.25, -0.2) is 0 Å². The number of allylic oxidation sites excluding steroid dienone is 2. The molecule has 0 aliphatic heterocycles. The summed E-state index contributed by atoms with van der Waals surface area (Å²) in [6.07, 6.45) is 0.947. The van der Waals surface area contributed by atoms with Crippen molar-refractivity contribution in [3.63, 3.8) is 0 Å². The van der Waals surface area contributed by atoms with Gasteiger partial charge in [0.2, 0.25) is 0 Å². The second-order valence-electron chi connectivity index (χ2n) is 2.61. The van der Waals surface area contributed by atoms with Gasteiger partial charge in [-0.3, -0.25) is 0 Å². The summed E-state index contributed by atoms with van der Waals surface area (Å²) in [5, 5.41) is 0.587. The maximum atomic E-state index is 5.58. The maximum absolute atomic E-state index is 5.58. The van der Waals surface area contributed by atoms with Crippen LogP contribution in [0.15, 0.2) is 23.8 Å². The molecule has 0 aromatic rings. The van der Waals surface area contributed by atoms with Crippen LogP contribution >= 0.6 is 11.6 Å². The third-order valence-corrected chi connectivity index (χ3v) is 1.31. The molecule has 0 N–H and O–H groups in total. The predicted molar refractivity (Wildman–Crippen MR) is 43.6 cm³/mol. The third kappa shape index (κ3) is 4.28. The molecule has 0 amide bonds. The first-order chi connectivity index (χ1) is 4.04. The standard InChI is InChI=1S/C8H13Cl/c1-6(2)5-7(3)8(4)9/h6H,3-5H2,1-2H3. The van der Waals surface area contributed by atoms with Crippen LogP contribution in [0.1, 0.15) is 20.3 Å². The summed E-state index contributed by atoms with van der Waals surface area (Å²) in [7, 11) is 0. The minimum Gasteiger partial charge on any atom is -0.0944 e. The first kappa shape index (κ1) is 8.77. The number of halogens is 1. The highest BCUT2D eigenvalue weighted by molar-refractivity contribution is 6.31. The van der Waals surface area contributed by atoms with Crippen LogP contribution in [-0.4, -0.2) is 0 Å². The van der Waals surface area contributed by atoms with Crippen LogP contribution in [0.3, 0.4) is 0 Å². The van der Waals surface area contributed by atoms with Gasteiger partial charge in [-0.2, -0.15) is 0 Å². The van der Waals surface area contributed by atoms with E-state index in [1.165, 1.54) is 0 Å². The topological polar surface area (TPSA) is 0 Å². The van der Waals surface area contributed by atoms with Crippen molar-refractivity contribution in [3.8, 4) is 0 Å². The summed E-state index contributed by atoms with van der Waals surface area (Å²) in [4.78, 5) is 0. The highest BCUT2D eigenvalue weighted by atomic mass is 35.5. The predicted octanol–water partition coefficient (Wildman–Crippen LogP) is 3.34. The Morgan fingerprint density at radius 3 is 2.00 bits per heavy atom. The molecule has 0 aromatic carbocycles. The summed E-state index contributed by atoms with van der Waals surface area (Å²) in [5.74, 6) is 0.619. The van der Waals surface area contributed by atoms with Gasteiger partial charge in [-0.05, 0) is 17.9 Å². The zero-order valence-electron chi connectivity index (χ0n) is 6.08. The Balaban J connectivity index is 3.65. The molecule has 0 aliphatic carbocycles. The molecule has 9 heavy (non-hydrogen) atoms. The Bertz CT molecular complexity index is 123. The zero-order chi connectivity index (χ0) is 7.44. The SMILES string of the molecule is C=C(Cl)C(=C)CC(C)C. The molecule has 0 aliphatic rings. The van der Waals surface area contributed by atoms with E-state index in [0.29, 0.717) is 11.0 Å². The monoisotopic (exact) mass is 144 g/mol. The Kier molecular flexibility index (Phi) is 3.64. The lowest BCUT2D eigenvalue weighted by atomic mass is 10.0. The molecule has 0 bridgehead atoms. The zero-order valence-corrected chi connectivity index (χ0v) is 6.83. The lowest BCUT2D eigenvalue weighted by molar-refractivity contribution is 0.650. The Hall–Kier alpha value is -0.230. The Morgan fingerprint density at radius 2 is 1.89 bits per heavy atom. The van der Waals surface area contributed by atoms with Crippen molar-refractivity contribution in [2.75, 3.05) is 0 Å². The molecular formula is C8H13Cl. The fraction of sp³-hybridized carbons (Fsp3) is 0.500. The molecule has 0 saturated heterocycles. The molecule has 52 valence electrons. The minimum atomic E-state index is 0.587. The van der Waals surface area contributed by atoms with Gasteiger partial charge in [-0.1, -0.05) is 38.6 Å². The first-order valence-corrected chi connectivity index (χ1v) is 3.44. The fourth-order valence-electron chi connectivity index (χ4n) is 0.604. The van der Waals surface area contributed by atoms with Crippen LogP contribution in [-0.2, 0) is 0 Å². The summed E-state index contributed by atoms with van der Waals surface area (Å²) in [5.41, 5.74) is 0.951. The van der Waals surface area contributed by atoms with E-state index in [2.05, 4.69) is 27.0 Å². The van der Waals surface area contributed by atoms with Crippen molar-refractivity contribution >= 4 is 11.6 Å². The molecule has 0 fully saturated rings. The van der Waals surface area contributed by atoms with Crippen LogP contribution in [0.4, 0.5) is 0 Å². The molecule has 0 nitrogen and oxygen atoms in total. The van der Waals surface area contributed by atoms with Crippen molar-refractivity contribution in [1.29, 1.82) is 0 Å². The van der Waals surface area contributed by atoms with Gasteiger partial charge in [-0.15, -0.1) is 0 Å². The summed E-state index contributed by atoms with van der Waals surface area (Å²) in [6.45, 7) is 11.6. The average Bonchev–Trinajstić information content (AvgIpc) is 1.63. The molecule has 0 heterocycles. The normalized spacial score (nSPS) is 9.78. The molecule has 0 radical (unpaired) electrons. The second kappa shape index (κ2) is 3.73. The van der Waals surface area contributed by atoms with Crippen LogP contribution in [0.2, 0.25) is 0 Å². The quantitative estimate of drug-likeness (QED) is 0.533. The molecular weight excluding hydrogens is 132 g/mol. The highest BCUT2D eigenvalue weighted by Gasteiger charge is 1.98. The smallest absolute Gasteiger partial charge is 0.0360 e. The Morgan fingerprint density at radius 1 is 1.44 bits per heavy atom. The summed E-state index contributed by atoms with van der Waals surface area (Å²) >= 11 is 5.58. The highest BCUT2D eigenvalue weighted by Crippen LogP contribution is 2.17. The van der Waals surface area contributed by atoms with Crippen molar-refractivity contribution < 1.29 is 0 Å². The van der Waals surface area contributed by atoms with Crippen LogP contribution in [0.5, 0.6) is 0 Å². The van der Waals surface area contributed by atoms with E-state index < -0.39 is 0 Å². The Labute approximate surface area is 62.2 Å². The van der Waals surface area contributed by atoms with Crippen molar-refractivity contribution in [1.82, 2.24) is 0 Å². The summed E-state index contributed by atoms with van der Waals surface area (Å²) < 4.78 is 0. The molecule has 0 rings (SSSR count). The van der Waals surface area contributed by atoms with E-state index in [1.807, 2.05) is 0 Å². The number of hydrogen-bond acceptors (Lipinski definition) is 0. The molecule has 0 unspecified atom stereocenters. The van der Waals surface area contributed by atoms with Gasteiger partial charge in [0.15, 0.2) is 0 Å². The molecule has 0 saturated carbocycles. The number of rotatable bonds is 3. The van der Waals surface area contributed by atoms with Gasteiger partial charge in [0.1, 0.15) is 0 Å². The maximum Gasteiger partial charge on any atom is 0.0360 e. The van der Waals surface area contributed by atoms with Crippen molar-refractivity contribution in [3.05, 3.63) is 23.8 Å². The summed E-state index contributed by atoms with van der Waals surface area (Å²) in [6, 6.07) is 0. The van der Waals surface area contributed by atoms with Crippen LogP contribution < -0.4 is 0 Å². The van der Waals surface area contributed by atoms with Gasteiger partial charge >= 0.3 is 0 Å². The van der Waals surface area contributed by atoms with Gasteiger partial charge in [0, 0.05) is 5.03 Å². The van der Waals surface area contributed by atoms with E-state index >= 15 is 0 Å². The van der Waals surface area contributed by atoms with E-state index in [0.717, 1.165) is 12.0 Å². The first-order valence-electron chi connectivity index (χ1n) is 3.06. The fourth-order valence-corrected chi connectivity index (χ4v) is 0.681. The molecule has 1 heteroatoms. The van der Waals surface area contributed by atoms with E-state index in [4.69, 9.17) is 11.6 Å². The van der Waals surface area contributed by atoms with E-state index in [9.17, 15) is 0 Å². The van der Waals surface area contributed by atoms with E-state index in [1.54, 1.807) is 0 Å². The van der Waals surface area contributed by atoms with Gasteiger partial charge < -0.3 is 0 Å². The van der Waals surface area contributed by atoms with E-state index in [-0.39, 0.29) is 0 Å². The second-order valence-corrected chi connectivity index (χ2v) is 3.06. The molecule has 0 aromatic heterocycles. The van der Waals surface area contributed by atoms with Crippen LogP contribution in [0.25, 0.3) is 0 Å².